The van der Waals surface area contributed by atoms with E-state index in [-0.39, 0.29) is 19.3 Å². The molecule has 0 bridgehead atoms. The van der Waals surface area contributed by atoms with Crippen molar-refractivity contribution in [3.8, 4) is 0 Å². The van der Waals surface area contributed by atoms with Crippen LogP contribution in [0.25, 0.3) is 0 Å². The summed E-state index contributed by atoms with van der Waals surface area (Å²) in [6.45, 7) is 0.472. The molecule has 3 N–H and O–H groups in total. The van der Waals surface area contributed by atoms with Crippen molar-refractivity contribution in [1.29, 1.82) is 0 Å². The molecule has 0 aromatic heterocycles. The minimum absolute atomic E-state index is 0.0469. The van der Waals surface area contributed by atoms with E-state index in [4.69, 9.17) is 38.8 Å². The van der Waals surface area contributed by atoms with Crippen molar-refractivity contribution < 1.29 is 9.84 Å². The van der Waals surface area contributed by atoms with Crippen LogP contribution in [0.1, 0.15) is 11.7 Å². The molecule has 1 aromatic carbocycles. The number of nitrogens with two attached hydrogens (primary N) is 1. The number of aliphatic hydroxyl groups is 1. The fraction of sp³-hybridized carbons (Fsp3) is 0.400. The number of halogens is 2. The van der Waals surface area contributed by atoms with Gasteiger partial charge in [-0.3, -0.25) is 0 Å². The molecule has 1 atom stereocenters. The molecule has 0 radical (unpaired) electrons. The van der Waals surface area contributed by atoms with Crippen molar-refractivity contribution in [2.24, 2.45) is 5.73 Å². The van der Waals surface area contributed by atoms with E-state index in [0.29, 0.717) is 16.6 Å². The summed E-state index contributed by atoms with van der Waals surface area (Å²) in [4.78, 5) is 0. The average molecular weight is 250 g/mol. The van der Waals surface area contributed by atoms with Crippen LogP contribution >= 0.6 is 23.2 Å². The van der Waals surface area contributed by atoms with E-state index in [2.05, 4.69) is 0 Å². The molecular formula is C10H13Cl2NO2. The lowest BCUT2D eigenvalue weighted by molar-refractivity contribution is 0.0329. The van der Waals surface area contributed by atoms with E-state index in [9.17, 15) is 0 Å². The molecule has 1 aromatic rings. The van der Waals surface area contributed by atoms with Crippen molar-refractivity contribution in [1.82, 2.24) is 0 Å². The van der Waals surface area contributed by atoms with Gasteiger partial charge >= 0.3 is 0 Å². The summed E-state index contributed by atoms with van der Waals surface area (Å²) >= 11 is 11.9. The van der Waals surface area contributed by atoms with Crippen LogP contribution in [0.15, 0.2) is 18.2 Å². The Hall–Kier alpha value is -0.320. The van der Waals surface area contributed by atoms with Gasteiger partial charge in [-0.2, -0.15) is 0 Å². The molecule has 3 nitrogen and oxygen atoms in total. The van der Waals surface area contributed by atoms with Crippen LogP contribution in [0.2, 0.25) is 10.0 Å². The van der Waals surface area contributed by atoms with Crippen molar-refractivity contribution in [3.63, 3.8) is 0 Å². The number of hydrogen-bond acceptors (Lipinski definition) is 3. The van der Waals surface area contributed by atoms with E-state index in [1.54, 1.807) is 12.1 Å². The number of benzene rings is 1. The van der Waals surface area contributed by atoms with Gasteiger partial charge in [0.15, 0.2) is 0 Å². The Morgan fingerprint density at radius 2 is 2.13 bits per heavy atom. The third kappa shape index (κ3) is 3.33. The van der Waals surface area contributed by atoms with Gasteiger partial charge in [-0.05, 0) is 6.07 Å². The normalized spacial score (nSPS) is 12.8. The summed E-state index contributed by atoms with van der Waals surface area (Å²) in [5.74, 6) is 0. The molecule has 84 valence electrons. The first-order valence-electron chi connectivity index (χ1n) is 4.57. The van der Waals surface area contributed by atoms with Crippen LogP contribution in [0.4, 0.5) is 0 Å². The van der Waals surface area contributed by atoms with E-state index in [0.717, 1.165) is 5.56 Å². The van der Waals surface area contributed by atoms with Crippen molar-refractivity contribution in [2.75, 3.05) is 19.8 Å². The van der Waals surface area contributed by atoms with Gasteiger partial charge in [0.1, 0.15) is 0 Å². The maximum atomic E-state index is 8.66. The number of aliphatic hydroxyl groups excluding tert-OH is 1. The quantitative estimate of drug-likeness (QED) is 0.840. The van der Waals surface area contributed by atoms with Crippen molar-refractivity contribution in [3.05, 3.63) is 33.8 Å². The maximum absolute atomic E-state index is 8.66. The average Bonchev–Trinajstić information content (AvgIpc) is 2.25. The van der Waals surface area contributed by atoms with Crippen LogP contribution < -0.4 is 5.73 Å². The molecule has 0 spiro atoms. The first kappa shape index (κ1) is 12.7. The molecule has 1 unspecified atom stereocenters. The molecule has 0 aliphatic carbocycles. The SMILES string of the molecule is NCC(OCCO)c1cccc(Cl)c1Cl. The predicted octanol–water partition coefficient (Wildman–Crippen LogP) is 2.00. The van der Waals surface area contributed by atoms with E-state index >= 15 is 0 Å². The summed E-state index contributed by atoms with van der Waals surface area (Å²) < 4.78 is 5.34. The highest BCUT2D eigenvalue weighted by Gasteiger charge is 2.15. The van der Waals surface area contributed by atoms with E-state index in [1.165, 1.54) is 0 Å². The van der Waals surface area contributed by atoms with Gasteiger partial charge in [0.2, 0.25) is 0 Å². The first-order chi connectivity index (χ1) is 7.20. The zero-order chi connectivity index (χ0) is 11.3. The van der Waals surface area contributed by atoms with Gasteiger partial charge in [0, 0.05) is 12.1 Å². The topological polar surface area (TPSA) is 55.5 Å². The van der Waals surface area contributed by atoms with Crippen molar-refractivity contribution >= 4 is 23.2 Å². The minimum atomic E-state index is -0.330. The molecule has 0 saturated carbocycles. The van der Waals surface area contributed by atoms with Crippen molar-refractivity contribution in [2.45, 2.75) is 6.10 Å². The standard InChI is InChI=1S/C10H13Cl2NO2/c11-8-3-1-2-7(10(8)12)9(6-13)15-5-4-14/h1-3,9,14H,4-6,13H2. The second-order valence-electron chi connectivity index (χ2n) is 2.96. The molecule has 0 amide bonds. The fourth-order valence-electron chi connectivity index (χ4n) is 1.25. The fourth-order valence-corrected chi connectivity index (χ4v) is 1.68. The summed E-state index contributed by atoms with van der Waals surface area (Å²) in [5.41, 5.74) is 6.31. The Balaban J connectivity index is 2.86. The molecule has 1 rings (SSSR count). The first-order valence-corrected chi connectivity index (χ1v) is 5.32. The van der Waals surface area contributed by atoms with Crippen LogP contribution in [0.3, 0.4) is 0 Å². The summed E-state index contributed by atoms with van der Waals surface area (Å²) in [6.07, 6.45) is -0.330. The highest BCUT2D eigenvalue weighted by Crippen LogP contribution is 2.30. The molecule has 0 saturated heterocycles. The van der Waals surface area contributed by atoms with Gasteiger partial charge in [-0.25, -0.2) is 0 Å². The molecule has 15 heavy (non-hydrogen) atoms. The highest BCUT2D eigenvalue weighted by atomic mass is 35.5. The molecule has 0 aliphatic heterocycles. The Morgan fingerprint density at radius 3 is 2.73 bits per heavy atom. The zero-order valence-electron chi connectivity index (χ0n) is 8.12. The smallest absolute Gasteiger partial charge is 0.0963 e. The summed E-state index contributed by atoms with van der Waals surface area (Å²) in [7, 11) is 0. The highest BCUT2D eigenvalue weighted by molar-refractivity contribution is 6.42. The number of hydrogen-bond donors (Lipinski definition) is 2. The molecule has 5 heteroatoms. The predicted molar refractivity (Wildman–Crippen MR) is 61.3 cm³/mol. The zero-order valence-corrected chi connectivity index (χ0v) is 9.63. The lowest BCUT2D eigenvalue weighted by atomic mass is 10.1. The van der Waals surface area contributed by atoms with E-state index in [1.807, 2.05) is 6.07 Å². The number of rotatable bonds is 5. The van der Waals surface area contributed by atoms with Gasteiger partial charge in [0.25, 0.3) is 0 Å². The lowest BCUT2D eigenvalue weighted by Gasteiger charge is -2.17. The van der Waals surface area contributed by atoms with Crippen LogP contribution in [0, 0.1) is 0 Å². The second kappa shape index (κ2) is 6.30. The Labute approximate surface area is 98.7 Å². The molecule has 0 fully saturated rings. The Kier molecular flexibility index (Phi) is 5.36. The lowest BCUT2D eigenvalue weighted by Crippen LogP contribution is -2.18. The summed E-state index contributed by atoms with van der Waals surface area (Å²) in [5, 5.41) is 9.58. The van der Waals surface area contributed by atoms with Gasteiger partial charge in [-0.1, -0.05) is 35.3 Å². The largest absolute Gasteiger partial charge is 0.394 e. The van der Waals surface area contributed by atoms with Crippen LogP contribution in [0.5, 0.6) is 0 Å². The Bertz CT molecular complexity index is 320. The maximum Gasteiger partial charge on any atom is 0.0963 e. The monoisotopic (exact) mass is 249 g/mol. The third-order valence-electron chi connectivity index (χ3n) is 1.95. The Morgan fingerprint density at radius 1 is 1.40 bits per heavy atom. The van der Waals surface area contributed by atoms with Gasteiger partial charge in [-0.15, -0.1) is 0 Å². The van der Waals surface area contributed by atoms with Gasteiger partial charge < -0.3 is 15.6 Å². The van der Waals surface area contributed by atoms with Crippen LogP contribution in [-0.4, -0.2) is 24.9 Å². The molecule has 0 heterocycles. The third-order valence-corrected chi connectivity index (χ3v) is 2.79. The summed E-state index contributed by atoms with van der Waals surface area (Å²) in [6, 6.07) is 5.30. The van der Waals surface area contributed by atoms with Crippen LogP contribution in [-0.2, 0) is 4.74 Å². The number of ether oxygens (including phenoxy) is 1. The molecular weight excluding hydrogens is 237 g/mol. The van der Waals surface area contributed by atoms with E-state index < -0.39 is 0 Å². The minimum Gasteiger partial charge on any atom is -0.394 e. The van der Waals surface area contributed by atoms with Gasteiger partial charge in [0.05, 0.1) is 29.4 Å². The second-order valence-corrected chi connectivity index (χ2v) is 3.75. The molecule has 0 aliphatic rings.